The van der Waals surface area contributed by atoms with Crippen LogP contribution in [-0.4, -0.2) is 42.9 Å². The lowest BCUT2D eigenvalue weighted by molar-refractivity contribution is -0.384. The van der Waals surface area contributed by atoms with Crippen molar-refractivity contribution < 1.29 is 19.2 Å². The molecule has 0 spiro atoms. The van der Waals surface area contributed by atoms with Crippen molar-refractivity contribution in [3.8, 4) is 5.75 Å². The number of urea groups is 1. The number of benzodiazepines with no additional fused rings is 1. The summed E-state index contributed by atoms with van der Waals surface area (Å²) in [7, 11) is 2.95. The van der Waals surface area contributed by atoms with Crippen LogP contribution in [0.4, 0.5) is 21.9 Å². The number of ether oxygens (including phenoxy) is 1. The number of likely N-dealkylation sites (N-methyl/N-ethyl adjacent to an activating group) is 1. The third kappa shape index (κ3) is 4.42. The fraction of sp³-hybridized carbons (Fsp3) is 0.125. The number of non-ortho nitro benzene ring substituents is 1. The molecule has 2 N–H and O–H groups in total. The summed E-state index contributed by atoms with van der Waals surface area (Å²) in [6, 6.07) is 19.8. The van der Waals surface area contributed by atoms with Crippen molar-refractivity contribution in [2.75, 3.05) is 24.4 Å². The van der Waals surface area contributed by atoms with Crippen LogP contribution in [0.5, 0.6) is 5.75 Å². The molecule has 0 bridgehead atoms. The number of nitro groups is 1. The summed E-state index contributed by atoms with van der Waals surface area (Å²) in [6.45, 7) is 0. The second-order valence-electron chi connectivity index (χ2n) is 7.40. The van der Waals surface area contributed by atoms with Gasteiger partial charge in [-0.05, 0) is 12.1 Å². The average molecular weight is 459 g/mol. The van der Waals surface area contributed by atoms with Crippen LogP contribution in [0.3, 0.4) is 0 Å². The number of amides is 3. The normalized spacial score (nSPS) is 15.0. The fourth-order valence-corrected chi connectivity index (χ4v) is 3.62. The first-order chi connectivity index (χ1) is 16.4. The van der Waals surface area contributed by atoms with E-state index in [1.165, 1.54) is 30.2 Å². The van der Waals surface area contributed by atoms with Crippen LogP contribution < -0.4 is 20.3 Å². The maximum absolute atomic E-state index is 13.2. The van der Waals surface area contributed by atoms with E-state index in [0.29, 0.717) is 11.4 Å². The van der Waals surface area contributed by atoms with Gasteiger partial charge in [-0.25, -0.2) is 9.79 Å². The number of nitro benzene ring substituents is 1. The number of hydrogen-bond donors (Lipinski definition) is 2. The van der Waals surface area contributed by atoms with Crippen molar-refractivity contribution in [2.45, 2.75) is 6.17 Å². The summed E-state index contributed by atoms with van der Waals surface area (Å²) in [4.78, 5) is 42.5. The minimum Gasteiger partial charge on any atom is -0.494 e. The molecule has 10 heteroatoms. The second-order valence-corrected chi connectivity index (χ2v) is 7.40. The molecule has 0 fully saturated rings. The minimum absolute atomic E-state index is 0.106. The molecule has 0 saturated carbocycles. The number of rotatable bonds is 5. The minimum atomic E-state index is -1.21. The first-order valence-corrected chi connectivity index (χ1v) is 10.3. The number of nitrogens with one attached hydrogen (secondary N) is 2. The molecule has 1 atom stereocenters. The lowest BCUT2D eigenvalue weighted by Crippen LogP contribution is -2.47. The largest absolute Gasteiger partial charge is 0.494 e. The number of hydrogen-bond acceptors (Lipinski definition) is 6. The quantitative estimate of drug-likeness (QED) is 0.446. The molecule has 0 unspecified atom stereocenters. The van der Waals surface area contributed by atoms with E-state index in [1.54, 1.807) is 7.05 Å². The topological polar surface area (TPSA) is 126 Å². The van der Waals surface area contributed by atoms with Crippen molar-refractivity contribution in [3.05, 3.63) is 94.0 Å². The first kappa shape index (κ1) is 22.5. The van der Waals surface area contributed by atoms with Gasteiger partial charge in [0.15, 0.2) is 0 Å². The molecule has 10 nitrogen and oxygen atoms in total. The fourth-order valence-electron chi connectivity index (χ4n) is 3.62. The molecule has 0 radical (unpaired) electrons. The highest BCUT2D eigenvalue weighted by Gasteiger charge is 2.31. The predicted octanol–water partition coefficient (Wildman–Crippen LogP) is 3.57. The molecule has 1 aliphatic heterocycles. The molecule has 4 rings (SSSR count). The van der Waals surface area contributed by atoms with Gasteiger partial charge in [-0.2, -0.15) is 0 Å². The number of anilines is 2. The number of benzene rings is 3. The summed E-state index contributed by atoms with van der Waals surface area (Å²) in [6.07, 6.45) is -1.21. The van der Waals surface area contributed by atoms with Crippen LogP contribution in [0, 0.1) is 10.1 Å². The number of carbonyl (C=O) groups excluding carboxylic acids is 2. The second kappa shape index (κ2) is 9.41. The molecular formula is C24H21N5O5. The summed E-state index contributed by atoms with van der Waals surface area (Å²) in [5.41, 5.74) is 2.80. The highest BCUT2D eigenvalue weighted by molar-refractivity contribution is 6.20. The van der Waals surface area contributed by atoms with Gasteiger partial charge in [-0.15, -0.1) is 0 Å². The van der Waals surface area contributed by atoms with Crippen molar-refractivity contribution in [2.24, 2.45) is 4.99 Å². The van der Waals surface area contributed by atoms with E-state index in [4.69, 9.17) is 4.74 Å². The maximum atomic E-state index is 13.2. The predicted molar refractivity (Wildman–Crippen MR) is 128 cm³/mol. The van der Waals surface area contributed by atoms with Crippen molar-refractivity contribution >= 4 is 34.7 Å². The molecule has 34 heavy (non-hydrogen) atoms. The zero-order valence-electron chi connectivity index (χ0n) is 18.4. The van der Waals surface area contributed by atoms with Crippen molar-refractivity contribution in [3.63, 3.8) is 0 Å². The number of aliphatic imine (C=N–C) groups is 1. The number of fused-ring (bicyclic) bond motifs is 1. The van der Waals surface area contributed by atoms with E-state index < -0.39 is 23.0 Å². The zero-order valence-corrected chi connectivity index (χ0v) is 18.4. The highest BCUT2D eigenvalue weighted by Crippen LogP contribution is 2.30. The van der Waals surface area contributed by atoms with Crippen LogP contribution in [0.1, 0.15) is 11.1 Å². The van der Waals surface area contributed by atoms with Gasteiger partial charge in [-0.1, -0.05) is 48.5 Å². The van der Waals surface area contributed by atoms with Crippen LogP contribution >= 0.6 is 0 Å². The maximum Gasteiger partial charge on any atom is 0.321 e. The Labute approximate surface area is 195 Å². The smallest absolute Gasteiger partial charge is 0.321 e. The Balaban J connectivity index is 1.66. The van der Waals surface area contributed by atoms with Gasteiger partial charge < -0.3 is 20.3 Å². The Kier molecular flexibility index (Phi) is 6.22. The van der Waals surface area contributed by atoms with Gasteiger partial charge in [0, 0.05) is 24.2 Å². The lowest BCUT2D eigenvalue weighted by Gasteiger charge is -2.21. The van der Waals surface area contributed by atoms with E-state index in [-0.39, 0.29) is 17.1 Å². The molecule has 0 aliphatic carbocycles. The number of nitrogens with zero attached hydrogens (tertiary/aromatic N) is 3. The van der Waals surface area contributed by atoms with E-state index >= 15 is 0 Å². The molecule has 1 heterocycles. The molecule has 0 saturated heterocycles. The molecular weight excluding hydrogens is 438 g/mol. The van der Waals surface area contributed by atoms with Gasteiger partial charge in [0.05, 0.1) is 35.2 Å². The van der Waals surface area contributed by atoms with E-state index in [0.717, 1.165) is 11.1 Å². The highest BCUT2D eigenvalue weighted by atomic mass is 16.6. The van der Waals surface area contributed by atoms with Crippen LogP contribution in [0.25, 0.3) is 0 Å². The third-order valence-corrected chi connectivity index (χ3v) is 5.30. The third-order valence-electron chi connectivity index (χ3n) is 5.30. The van der Waals surface area contributed by atoms with Gasteiger partial charge in [0.2, 0.25) is 6.17 Å². The summed E-state index contributed by atoms with van der Waals surface area (Å²) in [5.74, 6) is -0.321. The molecule has 172 valence electrons. The Morgan fingerprint density at radius 2 is 1.79 bits per heavy atom. The average Bonchev–Trinajstić information content (AvgIpc) is 2.95. The summed E-state index contributed by atoms with van der Waals surface area (Å²) < 4.78 is 5.15. The zero-order chi connectivity index (χ0) is 24.2. The number of para-hydroxylation sites is 1. The Morgan fingerprint density at radius 1 is 1.09 bits per heavy atom. The summed E-state index contributed by atoms with van der Waals surface area (Å²) >= 11 is 0. The Bertz CT molecular complexity index is 1290. The number of methoxy groups -OCH3 is 1. The van der Waals surface area contributed by atoms with Gasteiger partial charge in [-0.3, -0.25) is 14.9 Å². The van der Waals surface area contributed by atoms with Crippen LogP contribution in [-0.2, 0) is 4.79 Å². The number of carbonyl (C=O) groups is 2. The Hall–Kier alpha value is -4.73. The first-order valence-electron chi connectivity index (χ1n) is 10.3. The lowest BCUT2D eigenvalue weighted by atomic mass is 10.0. The monoisotopic (exact) mass is 459 g/mol. The van der Waals surface area contributed by atoms with Gasteiger partial charge in [0.25, 0.3) is 11.6 Å². The molecule has 0 aromatic heterocycles. The standard InChI is InChI=1S/C24H21N5O5/c1-28-19-11-7-6-10-17(19)21(15-8-4-3-5-9-15)26-22(23(28)30)27-24(31)25-18-13-12-16(29(32)33)14-20(18)34-2/h3-14,22H,1-2H3,(H2,25,27,31)/t22-/m0/s1. The molecule has 1 aliphatic rings. The molecule has 3 amide bonds. The van der Waals surface area contributed by atoms with Crippen LogP contribution in [0.15, 0.2) is 77.8 Å². The van der Waals surface area contributed by atoms with E-state index in [2.05, 4.69) is 15.6 Å². The SMILES string of the molecule is COc1cc([N+](=O)[O-])ccc1NC(=O)N[C@@H]1N=C(c2ccccc2)c2ccccc2N(C)C1=O. The molecule has 3 aromatic carbocycles. The van der Waals surface area contributed by atoms with E-state index in [9.17, 15) is 19.7 Å². The summed E-state index contributed by atoms with van der Waals surface area (Å²) in [5, 5.41) is 16.2. The molecule has 3 aromatic rings. The van der Waals surface area contributed by atoms with Crippen molar-refractivity contribution in [1.29, 1.82) is 0 Å². The van der Waals surface area contributed by atoms with Crippen molar-refractivity contribution in [1.82, 2.24) is 5.32 Å². The van der Waals surface area contributed by atoms with Gasteiger partial charge >= 0.3 is 6.03 Å². The Morgan fingerprint density at radius 3 is 2.50 bits per heavy atom. The van der Waals surface area contributed by atoms with E-state index in [1.807, 2.05) is 54.6 Å². The van der Waals surface area contributed by atoms with Gasteiger partial charge in [0.1, 0.15) is 5.75 Å². The van der Waals surface area contributed by atoms with Crippen LogP contribution in [0.2, 0.25) is 0 Å².